The smallest absolute Gasteiger partial charge is 0.190 e. The summed E-state index contributed by atoms with van der Waals surface area (Å²) in [4.78, 5) is 13.7. The van der Waals surface area contributed by atoms with E-state index in [4.69, 9.17) is 0 Å². The van der Waals surface area contributed by atoms with Gasteiger partial charge in [-0.3, -0.25) is 4.79 Å². The molecule has 0 fully saturated rings. The average Bonchev–Trinajstić information content (AvgIpc) is 2.62. The molecule has 1 aliphatic rings. The number of benzene rings is 2. The van der Waals surface area contributed by atoms with Crippen LogP contribution in [0.25, 0.3) is 6.08 Å². The van der Waals surface area contributed by atoms with Crippen LogP contribution < -0.4 is 0 Å². The molecule has 2 aromatic rings. The largest absolute Gasteiger partial charge is 0.289 e. The summed E-state index contributed by atoms with van der Waals surface area (Å²) >= 11 is 1.77. The minimum atomic E-state index is 0.172. The van der Waals surface area contributed by atoms with Crippen LogP contribution in [0.4, 0.5) is 0 Å². The SMILES string of the molecule is Cc1ccc(C=C2CCSc3ccccc3C2=O)cc1. The van der Waals surface area contributed by atoms with Gasteiger partial charge in [0.25, 0.3) is 0 Å². The number of Topliss-reactive ketones (excluding diaryl/α,β-unsaturated/α-hetero) is 1. The number of fused-ring (bicyclic) bond motifs is 1. The third-order valence-electron chi connectivity index (χ3n) is 3.47. The minimum Gasteiger partial charge on any atom is -0.289 e. The highest BCUT2D eigenvalue weighted by atomic mass is 32.2. The zero-order valence-electron chi connectivity index (χ0n) is 11.4. The third-order valence-corrected chi connectivity index (χ3v) is 4.55. The maximum Gasteiger partial charge on any atom is 0.190 e. The van der Waals surface area contributed by atoms with Gasteiger partial charge in [-0.05, 0) is 37.1 Å². The normalized spacial score (nSPS) is 16.9. The minimum absolute atomic E-state index is 0.172. The van der Waals surface area contributed by atoms with Gasteiger partial charge in [0, 0.05) is 21.8 Å². The van der Waals surface area contributed by atoms with Gasteiger partial charge in [-0.1, -0.05) is 42.0 Å². The second-order valence-corrected chi connectivity index (χ2v) is 6.14. The van der Waals surface area contributed by atoms with E-state index in [1.165, 1.54) is 5.56 Å². The predicted molar refractivity (Wildman–Crippen MR) is 85.3 cm³/mol. The van der Waals surface area contributed by atoms with Crippen LogP contribution in [0.1, 0.15) is 27.9 Å². The first kappa shape index (κ1) is 13.2. The molecule has 2 heteroatoms. The quantitative estimate of drug-likeness (QED) is 0.701. The number of aryl methyl sites for hydroxylation is 1. The molecule has 0 bridgehead atoms. The second-order valence-electron chi connectivity index (χ2n) is 5.00. The van der Waals surface area contributed by atoms with E-state index in [2.05, 4.69) is 31.2 Å². The van der Waals surface area contributed by atoms with Gasteiger partial charge in [-0.15, -0.1) is 11.8 Å². The van der Waals surface area contributed by atoms with Crippen LogP contribution in [0, 0.1) is 6.92 Å². The van der Waals surface area contributed by atoms with Gasteiger partial charge >= 0.3 is 0 Å². The molecule has 0 aromatic heterocycles. The van der Waals surface area contributed by atoms with Gasteiger partial charge in [0.15, 0.2) is 5.78 Å². The summed E-state index contributed by atoms with van der Waals surface area (Å²) in [7, 11) is 0. The molecule has 0 aliphatic carbocycles. The van der Waals surface area contributed by atoms with Crippen LogP contribution in [-0.2, 0) is 0 Å². The van der Waals surface area contributed by atoms with Crippen molar-refractivity contribution < 1.29 is 4.79 Å². The fraction of sp³-hybridized carbons (Fsp3) is 0.167. The first-order chi connectivity index (χ1) is 9.74. The van der Waals surface area contributed by atoms with E-state index in [9.17, 15) is 4.79 Å². The van der Waals surface area contributed by atoms with Gasteiger partial charge in [-0.25, -0.2) is 0 Å². The number of carbonyl (C=O) groups is 1. The van der Waals surface area contributed by atoms with Gasteiger partial charge < -0.3 is 0 Å². The molecule has 0 atom stereocenters. The lowest BCUT2D eigenvalue weighted by molar-refractivity contribution is 0.103. The molecule has 3 rings (SSSR count). The number of thioether (sulfide) groups is 1. The first-order valence-corrected chi connectivity index (χ1v) is 7.76. The molecule has 100 valence electrons. The average molecular weight is 280 g/mol. The summed E-state index contributed by atoms with van der Waals surface area (Å²) in [5, 5.41) is 0. The molecule has 1 aliphatic heterocycles. The number of allylic oxidation sites excluding steroid dienone is 1. The first-order valence-electron chi connectivity index (χ1n) is 6.78. The molecule has 0 N–H and O–H groups in total. The van der Waals surface area contributed by atoms with E-state index in [1.807, 2.05) is 30.3 Å². The van der Waals surface area contributed by atoms with E-state index in [0.29, 0.717) is 0 Å². The number of hydrogen-bond acceptors (Lipinski definition) is 2. The number of hydrogen-bond donors (Lipinski definition) is 0. The highest BCUT2D eigenvalue weighted by Gasteiger charge is 2.19. The van der Waals surface area contributed by atoms with Crippen molar-refractivity contribution in [3.63, 3.8) is 0 Å². The molecule has 1 heterocycles. The lowest BCUT2D eigenvalue weighted by Gasteiger charge is -2.04. The van der Waals surface area contributed by atoms with Crippen molar-refractivity contribution in [2.45, 2.75) is 18.2 Å². The molecule has 0 saturated heterocycles. The monoisotopic (exact) mass is 280 g/mol. The highest BCUT2D eigenvalue weighted by molar-refractivity contribution is 7.99. The van der Waals surface area contributed by atoms with Gasteiger partial charge in [0.1, 0.15) is 0 Å². The maximum absolute atomic E-state index is 12.6. The van der Waals surface area contributed by atoms with Crippen LogP contribution >= 0.6 is 11.8 Å². The Bertz CT molecular complexity index is 668. The molecule has 0 unspecified atom stereocenters. The standard InChI is InChI=1S/C18H16OS/c1-13-6-8-14(9-7-13)12-15-10-11-20-17-5-3-2-4-16(17)18(15)19/h2-9,12H,10-11H2,1H3. The third kappa shape index (κ3) is 2.70. The molecule has 2 aromatic carbocycles. The van der Waals surface area contributed by atoms with Gasteiger partial charge in [-0.2, -0.15) is 0 Å². The predicted octanol–water partition coefficient (Wildman–Crippen LogP) is 4.76. The fourth-order valence-electron chi connectivity index (χ4n) is 2.34. The van der Waals surface area contributed by atoms with Crippen molar-refractivity contribution in [2.75, 3.05) is 5.75 Å². The molecule has 20 heavy (non-hydrogen) atoms. The Kier molecular flexibility index (Phi) is 3.75. The Morgan fingerprint density at radius 1 is 1.05 bits per heavy atom. The highest BCUT2D eigenvalue weighted by Crippen LogP contribution is 2.31. The van der Waals surface area contributed by atoms with E-state index in [0.717, 1.165) is 33.8 Å². The summed E-state index contributed by atoms with van der Waals surface area (Å²) in [5.74, 6) is 1.13. The van der Waals surface area contributed by atoms with Crippen LogP contribution in [-0.4, -0.2) is 11.5 Å². The Hall–Kier alpha value is -1.80. The molecule has 0 amide bonds. The van der Waals surface area contributed by atoms with E-state index in [-0.39, 0.29) is 5.78 Å². The summed E-state index contributed by atoms with van der Waals surface area (Å²) < 4.78 is 0. The van der Waals surface area contributed by atoms with Crippen molar-refractivity contribution >= 4 is 23.6 Å². The maximum atomic E-state index is 12.6. The topological polar surface area (TPSA) is 17.1 Å². The number of carbonyl (C=O) groups excluding carboxylic acids is 1. The zero-order valence-corrected chi connectivity index (χ0v) is 12.2. The van der Waals surface area contributed by atoms with Gasteiger partial charge in [0.2, 0.25) is 0 Å². The van der Waals surface area contributed by atoms with Crippen molar-refractivity contribution in [1.82, 2.24) is 0 Å². The molecule has 0 spiro atoms. The van der Waals surface area contributed by atoms with Crippen LogP contribution in [0.2, 0.25) is 0 Å². The molecule has 1 nitrogen and oxygen atoms in total. The molecule has 0 radical (unpaired) electrons. The Morgan fingerprint density at radius 3 is 2.60 bits per heavy atom. The molecular weight excluding hydrogens is 264 g/mol. The summed E-state index contributed by atoms with van der Waals surface area (Å²) in [6.07, 6.45) is 2.86. The van der Waals surface area contributed by atoms with Crippen LogP contribution in [0.5, 0.6) is 0 Å². The van der Waals surface area contributed by atoms with Crippen molar-refractivity contribution in [1.29, 1.82) is 0 Å². The van der Waals surface area contributed by atoms with Crippen molar-refractivity contribution in [3.8, 4) is 0 Å². The van der Waals surface area contributed by atoms with Crippen LogP contribution in [0.3, 0.4) is 0 Å². The molecule has 0 saturated carbocycles. The van der Waals surface area contributed by atoms with E-state index >= 15 is 0 Å². The van der Waals surface area contributed by atoms with Gasteiger partial charge in [0.05, 0.1) is 0 Å². The van der Waals surface area contributed by atoms with E-state index in [1.54, 1.807) is 11.8 Å². The lowest BCUT2D eigenvalue weighted by Crippen LogP contribution is -2.02. The van der Waals surface area contributed by atoms with Crippen molar-refractivity contribution in [3.05, 3.63) is 70.8 Å². The molecular formula is C18H16OS. The number of ketones is 1. The fourth-order valence-corrected chi connectivity index (χ4v) is 3.37. The Labute approximate surface area is 123 Å². The second kappa shape index (κ2) is 5.68. The zero-order chi connectivity index (χ0) is 13.9. The Morgan fingerprint density at radius 2 is 1.80 bits per heavy atom. The summed E-state index contributed by atoms with van der Waals surface area (Å²) in [6, 6.07) is 16.2. The Balaban J connectivity index is 1.98. The lowest BCUT2D eigenvalue weighted by atomic mass is 9.99. The van der Waals surface area contributed by atoms with Crippen molar-refractivity contribution in [2.24, 2.45) is 0 Å². The van der Waals surface area contributed by atoms with Crippen LogP contribution in [0.15, 0.2) is 59.0 Å². The summed E-state index contributed by atoms with van der Waals surface area (Å²) in [5.41, 5.74) is 4.09. The number of rotatable bonds is 1. The summed E-state index contributed by atoms with van der Waals surface area (Å²) in [6.45, 7) is 2.07. The van der Waals surface area contributed by atoms with E-state index < -0.39 is 0 Å².